The van der Waals surface area contributed by atoms with Crippen LogP contribution in [-0.2, 0) is 4.79 Å². The molecule has 4 rings (SSSR count). The molecule has 0 aliphatic heterocycles. The molecule has 4 aliphatic rings. The predicted octanol–water partition coefficient (Wildman–Crippen LogP) is 7.17. The summed E-state index contributed by atoms with van der Waals surface area (Å²) < 4.78 is 0. The van der Waals surface area contributed by atoms with Gasteiger partial charge >= 0.3 is 5.97 Å². The van der Waals surface area contributed by atoms with Crippen molar-refractivity contribution in [3.63, 3.8) is 0 Å². The van der Waals surface area contributed by atoms with Crippen molar-refractivity contribution in [1.82, 2.24) is 0 Å². The molecule has 1 N–H and O–H groups in total. The fraction of sp³-hybridized carbons (Fsp3) is 0.960. The molecule has 0 radical (unpaired) electrons. The van der Waals surface area contributed by atoms with Gasteiger partial charge in [0, 0.05) is 0 Å². The van der Waals surface area contributed by atoms with Crippen LogP contribution in [0.5, 0.6) is 0 Å². The van der Waals surface area contributed by atoms with E-state index in [-0.39, 0.29) is 13.3 Å². The highest BCUT2D eigenvalue weighted by Crippen LogP contribution is 2.67. The van der Waals surface area contributed by atoms with Gasteiger partial charge in [-0.15, -0.1) is 0 Å². The molecular formula is C25H44O2. The number of carbonyl (C=O) groups is 1. The second kappa shape index (κ2) is 7.71. The van der Waals surface area contributed by atoms with E-state index < -0.39 is 5.97 Å². The Morgan fingerprint density at radius 3 is 2.44 bits per heavy atom. The maximum Gasteiger partial charge on any atom is 0.306 e. The van der Waals surface area contributed by atoms with Crippen LogP contribution < -0.4 is 0 Å². The molecule has 0 heterocycles. The topological polar surface area (TPSA) is 37.3 Å². The second-order valence-electron chi connectivity index (χ2n) is 11.0. The average Bonchev–Trinajstić information content (AvgIpc) is 2.95. The minimum absolute atomic E-state index is 0. The first-order valence-electron chi connectivity index (χ1n) is 11.6. The van der Waals surface area contributed by atoms with E-state index >= 15 is 0 Å². The van der Waals surface area contributed by atoms with E-state index in [0.717, 1.165) is 42.4 Å². The van der Waals surface area contributed by atoms with Crippen LogP contribution in [0, 0.1) is 46.3 Å². The molecule has 0 aromatic rings. The zero-order valence-electron chi connectivity index (χ0n) is 17.3. The van der Waals surface area contributed by atoms with E-state index in [4.69, 9.17) is 0 Å². The Bertz CT molecular complexity index is 542. The number of aliphatic carboxylic acids is 1. The molecule has 2 heteroatoms. The summed E-state index contributed by atoms with van der Waals surface area (Å²) in [5.41, 5.74) is 1.13. The predicted molar refractivity (Wildman–Crippen MR) is 113 cm³/mol. The molecule has 0 spiro atoms. The van der Waals surface area contributed by atoms with Crippen LogP contribution in [0.25, 0.3) is 0 Å². The van der Waals surface area contributed by atoms with E-state index in [9.17, 15) is 9.90 Å². The molecule has 4 aliphatic carbocycles. The zero-order valence-corrected chi connectivity index (χ0v) is 17.3. The Morgan fingerprint density at radius 2 is 1.70 bits per heavy atom. The number of carboxylic acid groups (broad SMARTS) is 1. The highest BCUT2D eigenvalue weighted by molar-refractivity contribution is 5.69. The van der Waals surface area contributed by atoms with E-state index in [1.807, 2.05) is 6.92 Å². The molecule has 0 saturated heterocycles. The number of rotatable bonds is 4. The van der Waals surface area contributed by atoms with Gasteiger partial charge in [-0.05, 0) is 105 Å². The van der Waals surface area contributed by atoms with Crippen LogP contribution >= 0.6 is 0 Å². The molecule has 0 amide bonds. The van der Waals surface area contributed by atoms with Crippen molar-refractivity contribution in [3.8, 4) is 0 Å². The maximum absolute atomic E-state index is 11.2. The smallest absolute Gasteiger partial charge is 0.306 e. The van der Waals surface area contributed by atoms with Gasteiger partial charge in [0.2, 0.25) is 0 Å². The van der Waals surface area contributed by atoms with Gasteiger partial charge in [0.15, 0.2) is 0 Å². The van der Waals surface area contributed by atoms with Crippen molar-refractivity contribution in [1.29, 1.82) is 0 Å². The van der Waals surface area contributed by atoms with Crippen molar-refractivity contribution in [2.45, 2.75) is 105 Å². The van der Waals surface area contributed by atoms with Crippen molar-refractivity contribution in [2.24, 2.45) is 46.3 Å². The van der Waals surface area contributed by atoms with E-state index in [1.165, 1.54) is 64.2 Å². The Morgan fingerprint density at radius 1 is 0.963 bits per heavy atom. The molecule has 8 unspecified atom stereocenters. The third-order valence-electron chi connectivity index (χ3n) is 10.1. The number of hydrogen-bond acceptors (Lipinski definition) is 1. The largest absolute Gasteiger partial charge is 0.481 e. The molecule has 156 valence electrons. The molecule has 8 atom stereocenters. The Hall–Kier alpha value is -0.530. The van der Waals surface area contributed by atoms with Gasteiger partial charge in [-0.25, -0.2) is 0 Å². The number of carboxylic acids is 1. The normalized spacial score (nSPS) is 47.1. The lowest BCUT2D eigenvalue weighted by molar-refractivity contribution is -0.141. The van der Waals surface area contributed by atoms with Gasteiger partial charge in [0.05, 0.1) is 5.92 Å². The van der Waals surface area contributed by atoms with Gasteiger partial charge in [-0.2, -0.15) is 0 Å². The summed E-state index contributed by atoms with van der Waals surface area (Å²) in [6, 6.07) is 0. The van der Waals surface area contributed by atoms with Crippen LogP contribution in [0.3, 0.4) is 0 Å². The highest BCUT2D eigenvalue weighted by atomic mass is 16.4. The minimum atomic E-state index is -0.614. The fourth-order valence-electron chi connectivity index (χ4n) is 8.45. The molecular weight excluding hydrogens is 332 g/mol. The Balaban J connectivity index is 0.00000210. The number of fused-ring (bicyclic) bond motifs is 5. The third kappa shape index (κ3) is 3.38. The SMILES string of the molecule is C.CC(CCC1CCC2C3CCC4CCCCC4(C)C3CCC12C)C(=O)O. The van der Waals surface area contributed by atoms with Crippen LogP contribution in [0.4, 0.5) is 0 Å². The molecule has 27 heavy (non-hydrogen) atoms. The zero-order chi connectivity index (χ0) is 18.5. The highest BCUT2D eigenvalue weighted by Gasteiger charge is 2.59. The first kappa shape index (κ1) is 21.2. The van der Waals surface area contributed by atoms with Gasteiger partial charge in [0.1, 0.15) is 0 Å². The molecule has 0 aromatic heterocycles. The summed E-state index contributed by atoms with van der Waals surface area (Å²) in [7, 11) is 0. The minimum Gasteiger partial charge on any atom is -0.481 e. The van der Waals surface area contributed by atoms with Crippen LogP contribution in [0.2, 0.25) is 0 Å². The lowest BCUT2D eigenvalue weighted by atomic mass is 9.45. The first-order valence-corrected chi connectivity index (χ1v) is 11.6. The van der Waals surface area contributed by atoms with Gasteiger partial charge in [-0.1, -0.05) is 41.0 Å². The molecule has 4 saturated carbocycles. The molecule has 0 bridgehead atoms. The lowest BCUT2D eigenvalue weighted by Crippen LogP contribution is -2.52. The van der Waals surface area contributed by atoms with E-state index in [1.54, 1.807) is 0 Å². The van der Waals surface area contributed by atoms with Crippen LogP contribution in [0.1, 0.15) is 105 Å². The van der Waals surface area contributed by atoms with Crippen molar-refractivity contribution in [3.05, 3.63) is 0 Å². The van der Waals surface area contributed by atoms with Crippen molar-refractivity contribution in [2.75, 3.05) is 0 Å². The van der Waals surface area contributed by atoms with Crippen LogP contribution in [-0.4, -0.2) is 11.1 Å². The summed E-state index contributed by atoms with van der Waals surface area (Å²) in [5.74, 6) is 3.86. The summed E-state index contributed by atoms with van der Waals surface area (Å²) in [5, 5.41) is 9.25. The Labute approximate surface area is 167 Å². The van der Waals surface area contributed by atoms with Gasteiger partial charge in [0.25, 0.3) is 0 Å². The standard InChI is InChI=1S/C24H40O2.CH4/c1-16(22(25)26)7-8-18-10-12-20-19-11-9-17-6-4-5-14-23(17,2)21(19)13-15-24(18,20)3;/h16-21H,4-15H2,1-3H3,(H,25,26);1H4. The van der Waals surface area contributed by atoms with Crippen molar-refractivity contribution < 1.29 is 9.90 Å². The Kier molecular flexibility index (Phi) is 6.05. The average molecular weight is 377 g/mol. The lowest BCUT2D eigenvalue weighted by Gasteiger charge is -2.60. The summed E-state index contributed by atoms with van der Waals surface area (Å²) in [6.45, 7) is 7.14. The van der Waals surface area contributed by atoms with Gasteiger partial charge < -0.3 is 5.11 Å². The van der Waals surface area contributed by atoms with E-state index in [2.05, 4.69) is 13.8 Å². The first-order chi connectivity index (χ1) is 12.4. The summed E-state index contributed by atoms with van der Waals surface area (Å²) in [4.78, 5) is 11.2. The third-order valence-corrected chi connectivity index (χ3v) is 10.1. The summed E-state index contributed by atoms with van der Waals surface area (Å²) in [6.07, 6.45) is 16.6. The molecule has 2 nitrogen and oxygen atoms in total. The van der Waals surface area contributed by atoms with Crippen molar-refractivity contribution >= 4 is 5.97 Å². The number of hydrogen-bond donors (Lipinski definition) is 1. The second-order valence-corrected chi connectivity index (χ2v) is 11.0. The van der Waals surface area contributed by atoms with Crippen LogP contribution in [0.15, 0.2) is 0 Å². The fourth-order valence-corrected chi connectivity index (χ4v) is 8.45. The van der Waals surface area contributed by atoms with E-state index in [0.29, 0.717) is 10.8 Å². The van der Waals surface area contributed by atoms with Gasteiger partial charge in [-0.3, -0.25) is 4.79 Å². The maximum atomic E-state index is 11.2. The summed E-state index contributed by atoms with van der Waals surface area (Å²) >= 11 is 0. The quantitative estimate of drug-likeness (QED) is 0.564. The monoisotopic (exact) mass is 376 g/mol. The molecule has 0 aromatic carbocycles. The molecule has 4 fully saturated rings.